The second kappa shape index (κ2) is 5.98. The summed E-state index contributed by atoms with van der Waals surface area (Å²) < 4.78 is 39.7. The molecule has 1 heterocycles. The second-order valence-electron chi connectivity index (χ2n) is 5.03. The molecule has 0 bridgehead atoms. The minimum absolute atomic E-state index is 0.0792. The summed E-state index contributed by atoms with van der Waals surface area (Å²) in [5, 5.41) is 0. The fourth-order valence-corrected chi connectivity index (χ4v) is 3.05. The minimum Gasteiger partial charge on any atom is -0.454 e. The van der Waals surface area contributed by atoms with Gasteiger partial charge >= 0.3 is 0 Å². The Bertz CT molecular complexity index is 766. The van der Waals surface area contributed by atoms with E-state index in [4.69, 9.17) is 13.7 Å². The van der Waals surface area contributed by atoms with Gasteiger partial charge in [0, 0.05) is 0 Å². The molecule has 6 heteroatoms. The maximum Gasteiger partial charge on any atom is 0.296 e. The number of rotatable bonds is 5. The maximum atomic E-state index is 12.1. The van der Waals surface area contributed by atoms with Crippen LogP contribution >= 0.6 is 0 Å². The normalized spacial score (nSPS) is 13.3. The fraction of sp³-hybridized carbons (Fsp3) is 0.250. The van der Waals surface area contributed by atoms with Gasteiger partial charge in [-0.15, -0.1) is 0 Å². The highest BCUT2D eigenvalue weighted by atomic mass is 32.2. The van der Waals surface area contributed by atoms with E-state index in [0.717, 1.165) is 11.1 Å². The Kier molecular flexibility index (Phi) is 4.04. The summed E-state index contributed by atoms with van der Waals surface area (Å²) in [6, 6.07) is 12.1. The van der Waals surface area contributed by atoms with E-state index in [9.17, 15) is 8.42 Å². The first-order valence-electron chi connectivity index (χ1n) is 6.89. The van der Waals surface area contributed by atoms with Crippen LogP contribution in [0.25, 0.3) is 0 Å². The van der Waals surface area contributed by atoms with E-state index in [1.807, 2.05) is 25.1 Å². The van der Waals surface area contributed by atoms with Crippen LogP contribution in [-0.2, 0) is 20.7 Å². The average Bonchev–Trinajstić information content (AvgIpc) is 2.95. The van der Waals surface area contributed by atoms with E-state index < -0.39 is 10.1 Å². The van der Waals surface area contributed by atoms with Gasteiger partial charge in [-0.25, -0.2) is 0 Å². The number of hydrogen-bond acceptors (Lipinski definition) is 5. The van der Waals surface area contributed by atoms with E-state index in [1.165, 1.54) is 0 Å². The van der Waals surface area contributed by atoms with Gasteiger partial charge in [-0.2, -0.15) is 8.42 Å². The van der Waals surface area contributed by atoms with Crippen molar-refractivity contribution in [2.24, 2.45) is 0 Å². The summed E-state index contributed by atoms with van der Waals surface area (Å²) in [5.74, 6) is 1.39. The van der Waals surface area contributed by atoms with Crippen molar-refractivity contribution in [3.63, 3.8) is 0 Å². The van der Waals surface area contributed by atoms with Gasteiger partial charge < -0.3 is 9.47 Å². The van der Waals surface area contributed by atoms with E-state index >= 15 is 0 Å². The molecule has 0 spiro atoms. The molecule has 0 atom stereocenters. The lowest BCUT2D eigenvalue weighted by molar-refractivity contribution is 0.174. The lowest BCUT2D eigenvalue weighted by Crippen LogP contribution is -2.09. The molecule has 1 aliphatic rings. The molecular weight excluding hydrogens is 304 g/mol. The quantitative estimate of drug-likeness (QED) is 0.793. The van der Waals surface area contributed by atoms with Gasteiger partial charge in [-0.1, -0.05) is 23.8 Å². The Labute approximate surface area is 129 Å². The van der Waals surface area contributed by atoms with Crippen LogP contribution in [0, 0.1) is 6.92 Å². The van der Waals surface area contributed by atoms with Crippen LogP contribution in [0.5, 0.6) is 11.5 Å². The Morgan fingerprint density at radius 1 is 1.05 bits per heavy atom. The van der Waals surface area contributed by atoms with Crippen LogP contribution in [0.15, 0.2) is 47.4 Å². The highest BCUT2D eigenvalue weighted by Gasteiger charge is 2.16. The molecule has 0 unspecified atom stereocenters. The predicted molar refractivity (Wildman–Crippen MR) is 80.6 cm³/mol. The second-order valence-corrected chi connectivity index (χ2v) is 6.64. The van der Waals surface area contributed by atoms with Crippen LogP contribution in [0.3, 0.4) is 0 Å². The van der Waals surface area contributed by atoms with Crippen molar-refractivity contribution in [3.8, 4) is 11.5 Å². The van der Waals surface area contributed by atoms with Crippen molar-refractivity contribution < 1.29 is 22.1 Å². The van der Waals surface area contributed by atoms with Gasteiger partial charge in [0.05, 0.1) is 11.5 Å². The molecule has 0 saturated carbocycles. The number of hydrogen-bond donors (Lipinski definition) is 0. The summed E-state index contributed by atoms with van der Waals surface area (Å²) in [6.45, 7) is 2.20. The summed E-state index contributed by atoms with van der Waals surface area (Å²) in [5.41, 5.74) is 1.93. The number of benzene rings is 2. The monoisotopic (exact) mass is 320 g/mol. The van der Waals surface area contributed by atoms with Gasteiger partial charge in [0.15, 0.2) is 11.5 Å². The lowest BCUT2D eigenvalue weighted by Gasteiger charge is -2.06. The summed E-state index contributed by atoms with van der Waals surface area (Å²) in [6.07, 6.45) is 0.474. The molecule has 0 saturated heterocycles. The van der Waals surface area contributed by atoms with Crippen LogP contribution < -0.4 is 9.47 Å². The number of aryl methyl sites for hydroxylation is 1. The first-order chi connectivity index (χ1) is 10.5. The summed E-state index contributed by atoms with van der Waals surface area (Å²) in [4.78, 5) is 0.170. The molecular formula is C16H16O5S. The van der Waals surface area contributed by atoms with E-state index in [1.54, 1.807) is 24.3 Å². The molecule has 0 aliphatic carbocycles. The highest BCUT2D eigenvalue weighted by Crippen LogP contribution is 2.32. The molecule has 0 N–H and O–H groups in total. The SMILES string of the molecule is Cc1ccc(S(=O)(=O)OCCc2ccc3c(c2)OCO3)cc1. The average molecular weight is 320 g/mol. The van der Waals surface area contributed by atoms with Gasteiger partial charge in [0.1, 0.15) is 0 Å². The molecule has 0 radical (unpaired) electrons. The molecule has 3 rings (SSSR count). The Morgan fingerprint density at radius 3 is 2.55 bits per heavy atom. The van der Waals surface area contributed by atoms with Crippen LogP contribution in [0.1, 0.15) is 11.1 Å². The summed E-state index contributed by atoms with van der Waals surface area (Å²) >= 11 is 0. The lowest BCUT2D eigenvalue weighted by atomic mass is 10.1. The van der Waals surface area contributed by atoms with Crippen LogP contribution in [0.2, 0.25) is 0 Å². The standard InChI is InChI=1S/C16H16O5S/c1-12-2-5-14(6-3-12)22(17,18)21-9-8-13-4-7-15-16(10-13)20-11-19-15/h2-7,10H,8-9,11H2,1H3. The predicted octanol–water partition coefficient (Wildman–Crippen LogP) is 2.67. The summed E-state index contributed by atoms with van der Waals surface area (Å²) in [7, 11) is -3.71. The minimum atomic E-state index is -3.71. The molecule has 0 aromatic heterocycles. The van der Waals surface area contributed by atoms with Gasteiger partial charge in [0.25, 0.3) is 10.1 Å². The van der Waals surface area contributed by atoms with Crippen LogP contribution in [-0.4, -0.2) is 21.8 Å². The van der Waals surface area contributed by atoms with Gasteiger partial charge in [-0.05, 0) is 43.2 Å². The Balaban J connectivity index is 1.61. The van der Waals surface area contributed by atoms with Crippen LogP contribution in [0.4, 0.5) is 0 Å². The van der Waals surface area contributed by atoms with Crippen molar-refractivity contribution in [2.45, 2.75) is 18.2 Å². The van der Waals surface area contributed by atoms with E-state index in [0.29, 0.717) is 17.9 Å². The highest BCUT2D eigenvalue weighted by molar-refractivity contribution is 7.86. The molecule has 0 fully saturated rings. The van der Waals surface area contributed by atoms with Crippen molar-refractivity contribution in [2.75, 3.05) is 13.4 Å². The van der Waals surface area contributed by atoms with E-state index in [-0.39, 0.29) is 18.3 Å². The molecule has 5 nitrogen and oxygen atoms in total. The van der Waals surface area contributed by atoms with Gasteiger partial charge in [-0.3, -0.25) is 4.18 Å². The molecule has 2 aromatic carbocycles. The smallest absolute Gasteiger partial charge is 0.296 e. The third-order valence-corrected chi connectivity index (χ3v) is 4.70. The molecule has 1 aliphatic heterocycles. The first kappa shape index (κ1) is 14.9. The number of fused-ring (bicyclic) bond motifs is 1. The Morgan fingerprint density at radius 2 is 1.77 bits per heavy atom. The molecule has 116 valence electrons. The van der Waals surface area contributed by atoms with Gasteiger partial charge in [0.2, 0.25) is 6.79 Å². The first-order valence-corrected chi connectivity index (χ1v) is 8.30. The van der Waals surface area contributed by atoms with E-state index in [2.05, 4.69) is 0 Å². The topological polar surface area (TPSA) is 61.8 Å². The molecule has 0 amide bonds. The maximum absolute atomic E-state index is 12.1. The van der Waals surface area contributed by atoms with Crippen molar-refractivity contribution >= 4 is 10.1 Å². The zero-order chi connectivity index (χ0) is 15.6. The zero-order valence-electron chi connectivity index (χ0n) is 12.1. The largest absolute Gasteiger partial charge is 0.454 e. The molecule has 2 aromatic rings. The van der Waals surface area contributed by atoms with Crippen molar-refractivity contribution in [1.82, 2.24) is 0 Å². The number of ether oxygens (including phenoxy) is 2. The van der Waals surface area contributed by atoms with Crippen molar-refractivity contribution in [3.05, 3.63) is 53.6 Å². The Hall–Kier alpha value is -2.05. The molecule has 22 heavy (non-hydrogen) atoms. The zero-order valence-corrected chi connectivity index (χ0v) is 12.9. The fourth-order valence-electron chi connectivity index (χ4n) is 2.14. The van der Waals surface area contributed by atoms with Crippen molar-refractivity contribution in [1.29, 1.82) is 0 Å². The third kappa shape index (κ3) is 3.23. The third-order valence-electron chi connectivity index (χ3n) is 3.38.